The molecule has 4 heteroatoms. The molecule has 0 radical (unpaired) electrons. The molecular weight excluding hydrogens is 122 g/mol. The zero-order valence-corrected chi connectivity index (χ0v) is 4.96. The standard InChI is InChI=1S/C5H9NO3/c7-2-1-4-6-3-5(8)9-4/h4,6-7H,1-3H2. The predicted octanol–water partition coefficient (Wildman–Crippen LogP) is -1.16. The van der Waals surface area contributed by atoms with Crippen LogP contribution >= 0.6 is 0 Å². The minimum Gasteiger partial charge on any atom is -0.446 e. The average molecular weight is 131 g/mol. The normalized spacial score (nSPS) is 26.3. The van der Waals surface area contributed by atoms with Gasteiger partial charge in [0.1, 0.15) is 0 Å². The van der Waals surface area contributed by atoms with Crippen molar-refractivity contribution < 1.29 is 14.6 Å². The zero-order valence-electron chi connectivity index (χ0n) is 4.96. The molecule has 0 aromatic rings. The Bertz CT molecular complexity index is 115. The van der Waals surface area contributed by atoms with Crippen molar-refractivity contribution in [2.75, 3.05) is 13.2 Å². The van der Waals surface area contributed by atoms with Gasteiger partial charge in [0.15, 0.2) is 6.23 Å². The van der Waals surface area contributed by atoms with Crippen LogP contribution in [-0.4, -0.2) is 30.5 Å². The second-order valence-electron chi connectivity index (χ2n) is 1.87. The Labute approximate surface area is 52.8 Å². The van der Waals surface area contributed by atoms with Gasteiger partial charge in [-0.1, -0.05) is 0 Å². The molecule has 0 spiro atoms. The van der Waals surface area contributed by atoms with E-state index >= 15 is 0 Å². The van der Waals surface area contributed by atoms with Crippen molar-refractivity contribution in [2.24, 2.45) is 0 Å². The minimum atomic E-state index is -0.262. The summed E-state index contributed by atoms with van der Waals surface area (Å²) >= 11 is 0. The van der Waals surface area contributed by atoms with Gasteiger partial charge in [0, 0.05) is 13.0 Å². The molecule has 0 aromatic carbocycles. The van der Waals surface area contributed by atoms with Crippen LogP contribution in [0.25, 0.3) is 0 Å². The Kier molecular flexibility index (Phi) is 2.02. The first-order valence-electron chi connectivity index (χ1n) is 2.86. The topological polar surface area (TPSA) is 58.6 Å². The maximum absolute atomic E-state index is 10.4. The molecule has 1 aliphatic rings. The second kappa shape index (κ2) is 2.80. The summed E-state index contributed by atoms with van der Waals surface area (Å²) in [7, 11) is 0. The number of ether oxygens (including phenoxy) is 1. The lowest BCUT2D eigenvalue weighted by molar-refractivity contribution is -0.140. The highest BCUT2D eigenvalue weighted by atomic mass is 16.6. The van der Waals surface area contributed by atoms with Crippen LogP contribution in [-0.2, 0) is 9.53 Å². The van der Waals surface area contributed by atoms with Crippen molar-refractivity contribution in [3.8, 4) is 0 Å². The molecule has 1 rings (SSSR count). The molecule has 0 aromatic heterocycles. The van der Waals surface area contributed by atoms with E-state index in [0.717, 1.165) is 0 Å². The van der Waals surface area contributed by atoms with Crippen LogP contribution in [0.5, 0.6) is 0 Å². The van der Waals surface area contributed by atoms with E-state index in [1.165, 1.54) is 0 Å². The number of esters is 1. The fourth-order valence-corrected chi connectivity index (χ4v) is 0.717. The molecule has 1 unspecified atom stereocenters. The van der Waals surface area contributed by atoms with Gasteiger partial charge in [-0.05, 0) is 0 Å². The van der Waals surface area contributed by atoms with Gasteiger partial charge < -0.3 is 9.84 Å². The smallest absolute Gasteiger partial charge is 0.321 e. The molecule has 2 N–H and O–H groups in total. The van der Waals surface area contributed by atoms with Crippen molar-refractivity contribution in [3.63, 3.8) is 0 Å². The molecule has 1 saturated heterocycles. The molecule has 52 valence electrons. The molecule has 1 atom stereocenters. The van der Waals surface area contributed by atoms with Gasteiger partial charge in [-0.15, -0.1) is 0 Å². The fraction of sp³-hybridized carbons (Fsp3) is 0.800. The Morgan fingerprint density at radius 1 is 1.89 bits per heavy atom. The summed E-state index contributed by atoms with van der Waals surface area (Å²) in [6.07, 6.45) is 0.216. The van der Waals surface area contributed by atoms with E-state index in [1.807, 2.05) is 0 Å². The number of rotatable bonds is 2. The highest BCUT2D eigenvalue weighted by molar-refractivity contribution is 5.73. The Morgan fingerprint density at radius 3 is 3.11 bits per heavy atom. The fourth-order valence-electron chi connectivity index (χ4n) is 0.717. The molecule has 1 heterocycles. The van der Waals surface area contributed by atoms with E-state index in [4.69, 9.17) is 9.84 Å². The van der Waals surface area contributed by atoms with Crippen LogP contribution in [0, 0.1) is 0 Å². The molecule has 1 fully saturated rings. The van der Waals surface area contributed by atoms with Crippen molar-refractivity contribution in [1.29, 1.82) is 0 Å². The maximum Gasteiger partial charge on any atom is 0.321 e. The molecule has 9 heavy (non-hydrogen) atoms. The largest absolute Gasteiger partial charge is 0.446 e. The number of carbonyl (C=O) groups is 1. The third-order valence-electron chi connectivity index (χ3n) is 1.14. The van der Waals surface area contributed by atoms with Gasteiger partial charge in [0.25, 0.3) is 0 Å². The summed E-state index contributed by atoms with van der Waals surface area (Å²) in [5, 5.41) is 11.2. The number of cyclic esters (lactones) is 1. The van der Waals surface area contributed by atoms with E-state index in [-0.39, 0.29) is 25.3 Å². The number of nitrogens with one attached hydrogen (secondary N) is 1. The van der Waals surface area contributed by atoms with Crippen LogP contribution in [0.15, 0.2) is 0 Å². The molecule has 0 bridgehead atoms. The first-order valence-corrected chi connectivity index (χ1v) is 2.86. The van der Waals surface area contributed by atoms with Gasteiger partial charge in [-0.2, -0.15) is 0 Å². The van der Waals surface area contributed by atoms with E-state index < -0.39 is 0 Å². The van der Waals surface area contributed by atoms with Gasteiger partial charge in [-0.25, -0.2) is 0 Å². The van der Waals surface area contributed by atoms with Crippen LogP contribution in [0.4, 0.5) is 0 Å². The molecule has 0 saturated carbocycles. The summed E-state index contributed by atoms with van der Waals surface area (Å²) in [5.74, 6) is -0.242. The van der Waals surface area contributed by atoms with Gasteiger partial charge >= 0.3 is 5.97 Å². The van der Waals surface area contributed by atoms with Gasteiger partial charge in [0.05, 0.1) is 6.54 Å². The molecule has 0 amide bonds. The molecule has 0 aliphatic carbocycles. The average Bonchev–Trinajstić information content (AvgIpc) is 2.17. The van der Waals surface area contributed by atoms with Crippen LogP contribution < -0.4 is 5.32 Å². The van der Waals surface area contributed by atoms with E-state index in [2.05, 4.69) is 5.32 Å². The van der Waals surface area contributed by atoms with Gasteiger partial charge in [-0.3, -0.25) is 10.1 Å². The third-order valence-corrected chi connectivity index (χ3v) is 1.14. The second-order valence-corrected chi connectivity index (χ2v) is 1.87. The van der Waals surface area contributed by atoms with Crippen molar-refractivity contribution in [3.05, 3.63) is 0 Å². The van der Waals surface area contributed by atoms with E-state index in [1.54, 1.807) is 0 Å². The number of aliphatic hydroxyl groups excluding tert-OH is 1. The third kappa shape index (κ3) is 1.65. The monoisotopic (exact) mass is 131 g/mol. The summed E-state index contributed by atoms with van der Waals surface area (Å²) in [6.45, 7) is 0.315. The molecule has 4 nitrogen and oxygen atoms in total. The Morgan fingerprint density at radius 2 is 2.67 bits per heavy atom. The first kappa shape index (κ1) is 6.51. The van der Waals surface area contributed by atoms with Crippen molar-refractivity contribution in [2.45, 2.75) is 12.6 Å². The minimum absolute atomic E-state index is 0.0466. The van der Waals surface area contributed by atoms with Crippen LogP contribution in [0.2, 0.25) is 0 Å². The Hall–Kier alpha value is -0.610. The maximum atomic E-state index is 10.4. The lowest BCUT2D eigenvalue weighted by Gasteiger charge is -2.04. The lowest BCUT2D eigenvalue weighted by Crippen LogP contribution is -2.23. The number of aliphatic hydroxyl groups is 1. The highest BCUT2D eigenvalue weighted by Gasteiger charge is 2.20. The molecular formula is C5H9NO3. The van der Waals surface area contributed by atoms with Crippen molar-refractivity contribution in [1.82, 2.24) is 5.32 Å². The summed E-state index contributed by atoms with van der Waals surface area (Å²) in [6, 6.07) is 0. The zero-order chi connectivity index (χ0) is 6.69. The van der Waals surface area contributed by atoms with Crippen LogP contribution in [0.1, 0.15) is 6.42 Å². The first-order chi connectivity index (χ1) is 4.33. The highest BCUT2D eigenvalue weighted by Crippen LogP contribution is 1.99. The number of carbonyl (C=O) groups excluding carboxylic acids is 1. The quantitative estimate of drug-likeness (QED) is 0.464. The summed E-state index contributed by atoms with van der Waals surface area (Å²) < 4.78 is 4.69. The lowest BCUT2D eigenvalue weighted by atomic mass is 10.4. The van der Waals surface area contributed by atoms with E-state index in [9.17, 15) is 4.79 Å². The SMILES string of the molecule is O=C1CNC(CCO)O1. The summed E-state index contributed by atoms with van der Waals surface area (Å²) in [5.41, 5.74) is 0. The number of hydrogen-bond donors (Lipinski definition) is 2. The molecule has 1 aliphatic heterocycles. The van der Waals surface area contributed by atoms with Gasteiger partial charge in [0.2, 0.25) is 0 Å². The summed E-state index contributed by atoms with van der Waals surface area (Å²) in [4.78, 5) is 10.4. The van der Waals surface area contributed by atoms with E-state index in [0.29, 0.717) is 6.42 Å². The Balaban J connectivity index is 2.22. The van der Waals surface area contributed by atoms with Crippen LogP contribution in [0.3, 0.4) is 0 Å². The van der Waals surface area contributed by atoms with Crippen molar-refractivity contribution >= 4 is 5.97 Å². The number of hydrogen-bond acceptors (Lipinski definition) is 4. The predicted molar refractivity (Wildman–Crippen MR) is 29.6 cm³/mol.